The van der Waals surface area contributed by atoms with E-state index in [2.05, 4.69) is 57.1 Å². The summed E-state index contributed by atoms with van der Waals surface area (Å²) in [6.45, 7) is 2.05. The molecule has 3 aliphatic heterocycles. The molecule has 1 amide bonds. The molecule has 2 aromatic carbocycles. The first-order chi connectivity index (χ1) is 19.6. The standard InChI is InChI=1S/C32H36N4O3S/c1-36-23-7-8-24(36)19-26(18-23)39-25-9-4-21(5-10-25)30-27-17-22(6-11-28(27)34-35-30)31(37)33-20-32(12-14-38-15-13-32)29-3-2-16-40-29/h2-6,9-11,16-17,23-24,26H,7-8,12-15,18-20H2,1H3,(H,33,37)(H,34,35). The highest BCUT2D eigenvalue weighted by atomic mass is 32.1. The largest absolute Gasteiger partial charge is 0.490 e. The third-order valence-corrected chi connectivity index (χ3v) is 10.5. The minimum absolute atomic E-state index is 0.0627. The fourth-order valence-electron chi connectivity index (χ4n) is 6.92. The van der Waals surface area contributed by atoms with Gasteiger partial charge in [-0.25, -0.2) is 0 Å². The van der Waals surface area contributed by atoms with Gasteiger partial charge in [0.25, 0.3) is 5.91 Å². The number of benzene rings is 2. The van der Waals surface area contributed by atoms with Gasteiger partial charge in [0.05, 0.1) is 11.2 Å². The number of ether oxygens (including phenoxy) is 2. The molecule has 2 bridgehead atoms. The second-order valence-electron chi connectivity index (χ2n) is 11.7. The zero-order chi connectivity index (χ0) is 27.1. The summed E-state index contributed by atoms with van der Waals surface area (Å²) in [5, 5.41) is 14.0. The highest BCUT2D eigenvalue weighted by Gasteiger charge is 2.39. The molecular weight excluding hydrogens is 520 g/mol. The molecule has 0 aliphatic carbocycles. The SMILES string of the molecule is CN1C2CCC1CC(Oc1ccc(-c3n[nH]c4ccc(C(=O)NCC5(c6cccs6)CCOCC5)cc34)cc1)C2. The molecule has 0 saturated carbocycles. The van der Waals surface area contributed by atoms with Gasteiger partial charge >= 0.3 is 0 Å². The smallest absolute Gasteiger partial charge is 0.251 e. The fourth-order valence-corrected chi connectivity index (χ4v) is 7.91. The summed E-state index contributed by atoms with van der Waals surface area (Å²) in [6.07, 6.45) is 6.90. The molecule has 3 fully saturated rings. The van der Waals surface area contributed by atoms with Crippen LogP contribution in [0.1, 0.15) is 53.8 Å². The maximum absolute atomic E-state index is 13.3. The first-order valence-electron chi connectivity index (χ1n) is 14.5. The quantitative estimate of drug-likeness (QED) is 0.302. The minimum Gasteiger partial charge on any atom is -0.490 e. The average Bonchev–Trinajstić information content (AvgIpc) is 3.72. The number of amides is 1. The molecule has 2 aromatic heterocycles. The van der Waals surface area contributed by atoms with Gasteiger partial charge < -0.3 is 19.7 Å². The summed E-state index contributed by atoms with van der Waals surface area (Å²) in [6, 6.07) is 19.6. The molecule has 0 radical (unpaired) electrons. The molecule has 208 valence electrons. The summed E-state index contributed by atoms with van der Waals surface area (Å²) in [5.41, 5.74) is 3.32. The summed E-state index contributed by atoms with van der Waals surface area (Å²) in [7, 11) is 2.25. The lowest BCUT2D eigenvalue weighted by Crippen LogP contribution is -2.44. The minimum atomic E-state index is -0.0656. The van der Waals surface area contributed by atoms with Crippen LogP contribution in [-0.4, -0.2) is 66.0 Å². The fraction of sp³-hybridized carbons (Fsp3) is 0.438. The normalized spacial score (nSPS) is 24.3. The molecule has 2 atom stereocenters. The Kier molecular flexibility index (Phi) is 6.86. The Bertz CT molecular complexity index is 1460. The third kappa shape index (κ3) is 4.82. The first-order valence-corrected chi connectivity index (χ1v) is 15.3. The van der Waals surface area contributed by atoms with Gasteiger partial charge in [-0.15, -0.1) is 11.3 Å². The van der Waals surface area contributed by atoms with Crippen molar-refractivity contribution in [2.75, 3.05) is 26.8 Å². The molecule has 0 spiro atoms. The number of thiophene rings is 1. The second kappa shape index (κ2) is 10.7. The number of aromatic nitrogens is 2. The number of piperidine rings is 1. The van der Waals surface area contributed by atoms with Crippen LogP contribution >= 0.6 is 11.3 Å². The summed E-state index contributed by atoms with van der Waals surface area (Å²) in [5.74, 6) is 0.845. The van der Waals surface area contributed by atoms with E-state index in [1.54, 1.807) is 11.3 Å². The molecule has 7 nitrogen and oxygen atoms in total. The van der Waals surface area contributed by atoms with Crippen LogP contribution in [-0.2, 0) is 10.2 Å². The van der Waals surface area contributed by atoms with Crippen LogP contribution in [0.15, 0.2) is 60.0 Å². The zero-order valence-electron chi connectivity index (χ0n) is 22.9. The molecular formula is C32H36N4O3S. The average molecular weight is 557 g/mol. The number of carbonyl (C=O) groups excluding carboxylic acids is 1. The Balaban J connectivity index is 1.06. The van der Waals surface area contributed by atoms with E-state index in [1.165, 1.54) is 17.7 Å². The van der Waals surface area contributed by atoms with Gasteiger partial charge in [-0.2, -0.15) is 5.10 Å². The van der Waals surface area contributed by atoms with Crippen molar-refractivity contribution in [2.24, 2.45) is 0 Å². The van der Waals surface area contributed by atoms with Crippen molar-refractivity contribution in [3.05, 3.63) is 70.4 Å². The van der Waals surface area contributed by atoms with Crippen molar-refractivity contribution < 1.29 is 14.3 Å². The number of nitrogens with one attached hydrogen (secondary N) is 2. The van der Waals surface area contributed by atoms with Crippen LogP contribution in [0.5, 0.6) is 5.75 Å². The predicted molar refractivity (Wildman–Crippen MR) is 158 cm³/mol. The van der Waals surface area contributed by atoms with E-state index in [0.29, 0.717) is 24.2 Å². The van der Waals surface area contributed by atoms with Crippen molar-refractivity contribution in [3.63, 3.8) is 0 Å². The molecule has 2 N–H and O–H groups in total. The van der Waals surface area contributed by atoms with E-state index in [4.69, 9.17) is 9.47 Å². The van der Waals surface area contributed by atoms with E-state index in [1.807, 2.05) is 30.3 Å². The highest BCUT2D eigenvalue weighted by molar-refractivity contribution is 7.10. The van der Waals surface area contributed by atoms with E-state index in [9.17, 15) is 4.79 Å². The Morgan fingerprint density at radius 2 is 1.90 bits per heavy atom. The lowest BCUT2D eigenvalue weighted by atomic mass is 9.78. The monoisotopic (exact) mass is 556 g/mol. The number of rotatable bonds is 7. The van der Waals surface area contributed by atoms with Crippen LogP contribution in [0.2, 0.25) is 0 Å². The molecule has 3 aliphatic rings. The maximum Gasteiger partial charge on any atom is 0.251 e. The van der Waals surface area contributed by atoms with Gasteiger partial charge in [0.15, 0.2) is 0 Å². The number of nitrogens with zero attached hydrogens (tertiary/aromatic N) is 2. The van der Waals surface area contributed by atoms with Crippen molar-refractivity contribution in [2.45, 2.75) is 62.1 Å². The topological polar surface area (TPSA) is 79.5 Å². The number of aromatic amines is 1. The first kappa shape index (κ1) is 25.7. The van der Waals surface area contributed by atoms with Crippen LogP contribution < -0.4 is 10.1 Å². The molecule has 3 saturated heterocycles. The van der Waals surface area contributed by atoms with Crippen LogP contribution in [0.3, 0.4) is 0 Å². The molecule has 40 heavy (non-hydrogen) atoms. The number of fused-ring (bicyclic) bond motifs is 3. The maximum atomic E-state index is 13.3. The van der Waals surface area contributed by atoms with E-state index in [-0.39, 0.29) is 17.4 Å². The second-order valence-corrected chi connectivity index (χ2v) is 12.6. The van der Waals surface area contributed by atoms with Gasteiger partial charge in [0, 0.05) is 58.6 Å². The number of hydrogen-bond donors (Lipinski definition) is 2. The third-order valence-electron chi connectivity index (χ3n) is 9.39. The molecule has 2 unspecified atom stereocenters. The van der Waals surface area contributed by atoms with Crippen molar-refractivity contribution in [3.8, 4) is 17.0 Å². The van der Waals surface area contributed by atoms with Crippen LogP contribution in [0.25, 0.3) is 22.2 Å². The Hall–Kier alpha value is -3.20. The van der Waals surface area contributed by atoms with Crippen LogP contribution in [0, 0.1) is 0 Å². The number of carbonyl (C=O) groups is 1. The molecule has 7 rings (SSSR count). The van der Waals surface area contributed by atoms with Gasteiger partial charge in [0.1, 0.15) is 11.9 Å². The van der Waals surface area contributed by atoms with Gasteiger partial charge in [-0.1, -0.05) is 6.07 Å². The van der Waals surface area contributed by atoms with Crippen molar-refractivity contribution in [1.29, 1.82) is 0 Å². The lowest BCUT2D eigenvalue weighted by molar-refractivity contribution is 0.0499. The molecule has 5 heterocycles. The summed E-state index contributed by atoms with van der Waals surface area (Å²) < 4.78 is 12.0. The molecule has 8 heteroatoms. The number of H-pyrrole nitrogens is 1. The predicted octanol–water partition coefficient (Wildman–Crippen LogP) is 5.77. The summed E-state index contributed by atoms with van der Waals surface area (Å²) >= 11 is 1.76. The van der Waals surface area contributed by atoms with Gasteiger partial charge in [-0.05, 0) is 99.5 Å². The van der Waals surface area contributed by atoms with Crippen molar-refractivity contribution >= 4 is 28.1 Å². The Morgan fingerprint density at radius 3 is 2.62 bits per heavy atom. The molecule has 4 aromatic rings. The number of hydrogen-bond acceptors (Lipinski definition) is 6. The summed E-state index contributed by atoms with van der Waals surface area (Å²) in [4.78, 5) is 17.2. The Labute approximate surface area is 238 Å². The lowest BCUT2D eigenvalue weighted by Gasteiger charge is -2.36. The van der Waals surface area contributed by atoms with E-state index < -0.39 is 0 Å². The van der Waals surface area contributed by atoms with E-state index in [0.717, 1.165) is 66.8 Å². The van der Waals surface area contributed by atoms with Crippen LogP contribution in [0.4, 0.5) is 0 Å². The van der Waals surface area contributed by atoms with Gasteiger partial charge in [0.2, 0.25) is 0 Å². The van der Waals surface area contributed by atoms with Crippen molar-refractivity contribution in [1.82, 2.24) is 20.4 Å². The zero-order valence-corrected chi connectivity index (χ0v) is 23.7. The van der Waals surface area contributed by atoms with Gasteiger partial charge in [-0.3, -0.25) is 9.89 Å². The highest BCUT2D eigenvalue weighted by Crippen LogP contribution is 2.38. The van der Waals surface area contributed by atoms with E-state index >= 15 is 0 Å². The Morgan fingerprint density at radius 1 is 1.12 bits per heavy atom.